The van der Waals surface area contributed by atoms with E-state index < -0.39 is 17.9 Å². The number of nitrogens with one attached hydrogen (secondary N) is 1. The van der Waals surface area contributed by atoms with Gasteiger partial charge in [-0.3, -0.25) is 10.2 Å². The lowest BCUT2D eigenvalue weighted by molar-refractivity contribution is -0.149. The number of nitrogens with zero attached hydrogens (tertiary/aromatic N) is 1. The minimum atomic E-state index is -0.850. The van der Waals surface area contributed by atoms with Crippen molar-refractivity contribution in [2.75, 3.05) is 7.11 Å². The molecule has 1 heterocycles. The summed E-state index contributed by atoms with van der Waals surface area (Å²) in [6.45, 7) is 3.47. The Morgan fingerprint density at radius 2 is 1.91 bits per heavy atom. The molecule has 0 saturated carbocycles. The van der Waals surface area contributed by atoms with E-state index in [0.717, 1.165) is 5.56 Å². The molecule has 0 aliphatic carbocycles. The zero-order chi connectivity index (χ0) is 16.1. The molecule has 0 bridgehead atoms. The molecule has 22 heavy (non-hydrogen) atoms. The van der Waals surface area contributed by atoms with E-state index in [2.05, 4.69) is 10.5 Å². The molecule has 1 N–H and O–H groups in total. The van der Waals surface area contributed by atoms with Crippen LogP contribution in [0.4, 0.5) is 0 Å². The first kappa shape index (κ1) is 15.8. The SMILES string of the molecule is COC(=O)C1=C(C)NN=C(C)C1C(=O)OCc1ccccc1. The average molecular weight is 302 g/mol. The van der Waals surface area contributed by atoms with Crippen molar-refractivity contribution in [3.05, 3.63) is 47.2 Å². The summed E-state index contributed by atoms with van der Waals surface area (Å²) in [4.78, 5) is 24.3. The number of rotatable bonds is 4. The number of ether oxygens (including phenoxy) is 2. The van der Waals surface area contributed by atoms with Crippen LogP contribution in [0.25, 0.3) is 0 Å². The van der Waals surface area contributed by atoms with E-state index in [4.69, 9.17) is 9.47 Å². The molecule has 1 aromatic rings. The summed E-state index contributed by atoms with van der Waals surface area (Å²) in [7, 11) is 1.27. The Bertz CT molecular complexity index is 635. The maximum atomic E-state index is 12.4. The van der Waals surface area contributed by atoms with Gasteiger partial charge in [0.05, 0.1) is 18.4 Å². The fourth-order valence-corrected chi connectivity index (χ4v) is 2.20. The third-order valence-corrected chi connectivity index (χ3v) is 3.38. The van der Waals surface area contributed by atoms with E-state index in [1.165, 1.54) is 7.11 Å². The van der Waals surface area contributed by atoms with Crippen molar-refractivity contribution < 1.29 is 19.1 Å². The molecule has 0 saturated heterocycles. The first-order chi connectivity index (χ1) is 10.5. The van der Waals surface area contributed by atoms with Crippen molar-refractivity contribution in [2.24, 2.45) is 11.0 Å². The van der Waals surface area contributed by atoms with Gasteiger partial charge in [-0.25, -0.2) is 4.79 Å². The Labute approximate surface area is 128 Å². The molecule has 1 aliphatic heterocycles. The maximum Gasteiger partial charge on any atom is 0.336 e. The topological polar surface area (TPSA) is 77.0 Å². The van der Waals surface area contributed by atoms with Crippen LogP contribution in [0.1, 0.15) is 19.4 Å². The third-order valence-electron chi connectivity index (χ3n) is 3.38. The second-order valence-electron chi connectivity index (χ2n) is 4.92. The smallest absolute Gasteiger partial charge is 0.336 e. The van der Waals surface area contributed by atoms with Crippen molar-refractivity contribution in [2.45, 2.75) is 20.5 Å². The van der Waals surface area contributed by atoms with Gasteiger partial charge in [0, 0.05) is 5.70 Å². The fourth-order valence-electron chi connectivity index (χ4n) is 2.20. The van der Waals surface area contributed by atoms with Crippen LogP contribution >= 0.6 is 0 Å². The summed E-state index contributed by atoms with van der Waals surface area (Å²) < 4.78 is 10.1. The molecular weight excluding hydrogens is 284 g/mol. The Morgan fingerprint density at radius 1 is 1.23 bits per heavy atom. The van der Waals surface area contributed by atoms with Gasteiger partial charge in [0.25, 0.3) is 0 Å². The van der Waals surface area contributed by atoms with Gasteiger partial charge in [-0.05, 0) is 19.4 Å². The highest BCUT2D eigenvalue weighted by Gasteiger charge is 2.36. The molecule has 2 rings (SSSR count). The second kappa shape index (κ2) is 6.89. The van der Waals surface area contributed by atoms with Crippen LogP contribution in [0.5, 0.6) is 0 Å². The molecule has 1 aromatic carbocycles. The molecule has 6 heteroatoms. The molecule has 0 radical (unpaired) electrons. The van der Waals surface area contributed by atoms with E-state index in [-0.39, 0.29) is 12.2 Å². The van der Waals surface area contributed by atoms with Crippen molar-refractivity contribution in [1.29, 1.82) is 0 Å². The van der Waals surface area contributed by atoms with Gasteiger partial charge in [0.2, 0.25) is 0 Å². The second-order valence-corrected chi connectivity index (χ2v) is 4.92. The third kappa shape index (κ3) is 3.33. The zero-order valence-electron chi connectivity index (χ0n) is 12.8. The minimum absolute atomic E-state index is 0.143. The minimum Gasteiger partial charge on any atom is -0.466 e. The molecule has 0 amide bonds. The highest BCUT2D eigenvalue weighted by atomic mass is 16.5. The molecule has 0 spiro atoms. The summed E-state index contributed by atoms with van der Waals surface area (Å²) in [5.74, 6) is -1.94. The lowest BCUT2D eigenvalue weighted by Gasteiger charge is -2.23. The summed E-state index contributed by atoms with van der Waals surface area (Å²) in [6, 6.07) is 9.34. The molecule has 1 unspecified atom stereocenters. The van der Waals surface area contributed by atoms with Crippen LogP contribution in [0, 0.1) is 5.92 Å². The summed E-state index contributed by atoms with van der Waals surface area (Å²) in [5.41, 5.74) is 4.77. The van der Waals surface area contributed by atoms with Crippen molar-refractivity contribution in [3.63, 3.8) is 0 Å². The predicted octanol–water partition coefficient (Wildman–Crippen LogP) is 1.77. The number of hydrazone groups is 1. The van der Waals surface area contributed by atoms with Gasteiger partial charge >= 0.3 is 11.9 Å². The highest BCUT2D eigenvalue weighted by Crippen LogP contribution is 2.23. The van der Waals surface area contributed by atoms with Crippen LogP contribution < -0.4 is 5.43 Å². The molecule has 0 aromatic heterocycles. The van der Waals surface area contributed by atoms with Gasteiger partial charge in [-0.15, -0.1) is 0 Å². The Morgan fingerprint density at radius 3 is 2.55 bits per heavy atom. The Kier molecular flexibility index (Phi) is 4.93. The number of allylic oxidation sites excluding steroid dienone is 1. The Balaban J connectivity index is 2.16. The van der Waals surface area contributed by atoms with Crippen molar-refractivity contribution in [3.8, 4) is 0 Å². The number of hydrogen-bond acceptors (Lipinski definition) is 6. The van der Waals surface area contributed by atoms with Crippen molar-refractivity contribution >= 4 is 17.7 Å². The highest BCUT2D eigenvalue weighted by molar-refractivity contribution is 6.11. The predicted molar refractivity (Wildman–Crippen MR) is 80.7 cm³/mol. The van der Waals surface area contributed by atoms with Gasteiger partial charge in [0.15, 0.2) is 0 Å². The standard InChI is InChI=1S/C16H18N2O4/c1-10-13(15(19)21-3)14(11(2)18-17-10)16(20)22-9-12-7-5-4-6-8-12/h4-8,14,17H,9H2,1-3H3. The van der Waals surface area contributed by atoms with Gasteiger partial charge < -0.3 is 9.47 Å². The average Bonchev–Trinajstić information content (AvgIpc) is 2.54. The number of carbonyl (C=O) groups is 2. The van der Waals surface area contributed by atoms with E-state index in [9.17, 15) is 9.59 Å². The Hall–Kier alpha value is -2.63. The van der Waals surface area contributed by atoms with Crippen LogP contribution in [0.15, 0.2) is 46.7 Å². The van der Waals surface area contributed by atoms with Crippen LogP contribution in [0.3, 0.4) is 0 Å². The van der Waals surface area contributed by atoms with Gasteiger partial charge in [0.1, 0.15) is 12.5 Å². The number of benzene rings is 1. The monoisotopic (exact) mass is 302 g/mol. The number of esters is 2. The van der Waals surface area contributed by atoms with Gasteiger partial charge in [-0.2, -0.15) is 5.10 Å². The fraction of sp³-hybridized carbons (Fsp3) is 0.312. The van der Waals surface area contributed by atoms with E-state index in [1.807, 2.05) is 30.3 Å². The largest absolute Gasteiger partial charge is 0.466 e. The summed E-state index contributed by atoms with van der Waals surface area (Å²) in [5, 5.41) is 4.04. The summed E-state index contributed by atoms with van der Waals surface area (Å²) >= 11 is 0. The molecular formula is C16H18N2O4. The van der Waals surface area contributed by atoms with Crippen LogP contribution in [-0.4, -0.2) is 24.8 Å². The lowest BCUT2D eigenvalue weighted by atomic mass is 9.92. The van der Waals surface area contributed by atoms with Crippen LogP contribution in [0.2, 0.25) is 0 Å². The molecule has 0 fully saturated rings. The lowest BCUT2D eigenvalue weighted by Crippen LogP contribution is -2.36. The first-order valence-electron chi connectivity index (χ1n) is 6.84. The van der Waals surface area contributed by atoms with Crippen LogP contribution in [-0.2, 0) is 25.7 Å². The normalized spacial score (nSPS) is 17.4. The number of hydrogen-bond donors (Lipinski definition) is 1. The first-order valence-corrected chi connectivity index (χ1v) is 6.84. The van der Waals surface area contributed by atoms with Gasteiger partial charge in [-0.1, -0.05) is 30.3 Å². The van der Waals surface area contributed by atoms with E-state index in [0.29, 0.717) is 11.4 Å². The summed E-state index contributed by atoms with van der Waals surface area (Å²) in [6.07, 6.45) is 0. The molecule has 1 atom stereocenters. The molecule has 116 valence electrons. The van der Waals surface area contributed by atoms with Crippen molar-refractivity contribution in [1.82, 2.24) is 5.43 Å². The quantitative estimate of drug-likeness (QED) is 0.858. The number of carbonyl (C=O) groups excluding carboxylic acids is 2. The van der Waals surface area contributed by atoms with E-state index >= 15 is 0 Å². The number of methoxy groups -OCH3 is 1. The maximum absolute atomic E-state index is 12.4. The molecule has 1 aliphatic rings. The molecule has 6 nitrogen and oxygen atoms in total. The van der Waals surface area contributed by atoms with E-state index in [1.54, 1.807) is 13.8 Å². The zero-order valence-corrected chi connectivity index (χ0v) is 12.8.